The molecule has 1 aromatic carbocycles. The molecule has 0 radical (unpaired) electrons. The maximum absolute atomic E-state index is 13.5. The molecule has 1 amide bonds. The van der Waals surface area contributed by atoms with Crippen LogP contribution in [0.25, 0.3) is 6.08 Å². The van der Waals surface area contributed by atoms with E-state index in [1.54, 1.807) is 17.0 Å². The number of fused-ring (bicyclic) bond motifs is 3. The number of alkyl halides is 2. The van der Waals surface area contributed by atoms with Crippen LogP contribution in [-0.2, 0) is 11.3 Å². The number of halogens is 3. The van der Waals surface area contributed by atoms with Crippen molar-refractivity contribution in [2.24, 2.45) is 0 Å². The van der Waals surface area contributed by atoms with Crippen molar-refractivity contribution < 1.29 is 23.4 Å². The number of rotatable bonds is 4. The van der Waals surface area contributed by atoms with Crippen LogP contribution in [0, 0.1) is 0 Å². The molecule has 2 fully saturated rings. The molecule has 2 saturated heterocycles. The van der Waals surface area contributed by atoms with Crippen molar-refractivity contribution in [1.82, 2.24) is 14.8 Å². The summed E-state index contributed by atoms with van der Waals surface area (Å²) < 4.78 is 32.5. The van der Waals surface area contributed by atoms with Crippen LogP contribution in [0.15, 0.2) is 42.5 Å². The second-order valence-electron chi connectivity index (χ2n) is 8.69. The lowest BCUT2D eigenvalue weighted by atomic mass is 9.89. The number of benzene rings is 1. The number of ether oxygens (including phenoxy) is 1. The summed E-state index contributed by atoms with van der Waals surface area (Å²) in [5.41, 5.74) is 1.42. The third kappa shape index (κ3) is 4.35. The third-order valence-electron chi connectivity index (χ3n) is 6.75. The molecular formula is C24H25ClF2N4O3. The first kappa shape index (κ1) is 23.0. The van der Waals surface area contributed by atoms with Gasteiger partial charge in [-0.1, -0.05) is 54.1 Å². The number of aliphatic hydroxyl groups is 1. The fourth-order valence-corrected chi connectivity index (χ4v) is 5.16. The highest BCUT2D eigenvalue weighted by Crippen LogP contribution is 2.41. The molecule has 1 N–H and O–H groups in total. The molecule has 5 rings (SSSR count). The minimum absolute atomic E-state index is 0.00340. The average Bonchev–Trinajstić information content (AvgIpc) is 2.91. The molecule has 3 aliphatic rings. The van der Waals surface area contributed by atoms with E-state index in [1.165, 1.54) is 6.08 Å². The second kappa shape index (κ2) is 9.48. The van der Waals surface area contributed by atoms with Gasteiger partial charge in [-0.05, 0) is 11.6 Å². The highest BCUT2D eigenvalue weighted by atomic mass is 35.5. The van der Waals surface area contributed by atoms with Crippen LogP contribution in [-0.4, -0.2) is 76.9 Å². The smallest absolute Gasteiger partial charge is 0.410 e. The van der Waals surface area contributed by atoms with Crippen LogP contribution in [0.4, 0.5) is 19.3 Å². The fourth-order valence-electron chi connectivity index (χ4n) is 4.96. The first-order chi connectivity index (χ1) is 16.4. The van der Waals surface area contributed by atoms with E-state index >= 15 is 0 Å². The molecule has 7 nitrogen and oxygen atoms in total. The van der Waals surface area contributed by atoms with Crippen LogP contribution < -0.4 is 4.90 Å². The highest BCUT2D eigenvalue weighted by molar-refractivity contribution is 6.29. The lowest BCUT2D eigenvalue weighted by molar-refractivity contribution is 0.0212. The van der Waals surface area contributed by atoms with Gasteiger partial charge in [0.15, 0.2) is 0 Å². The molecule has 4 heterocycles. The Balaban J connectivity index is 1.22. The van der Waals surface area contributed by atoms with Gasteiger partial charge in [-0.3, -0.25) is 4.90 Å². The summed E-state index contributed by atoms with van der Waals surface area (Å²) in [7, 11) is 0. The fraction of sp³-hybridized carbons (Fsp3) is 0.417. The quantitative estimate of drug-likeness (QED) is 0.661. The number of pyridine rings is 1. The number of nitrogens with zero attached hydrogens (tertiary/aromatic N) is 4. The average molecular weight is 491 g/mol. The zero-order chi connectivity index (χ0) is 23.8. The van der Waals surface area contributed by atoms with E-state index in [0.717, 1.165) is 5.56 Å². The van der Waals surface area contributed by atoms with Gasteiger partial charge in [-0.15, -0.1) is 0 Å². The maximum Gasteiger partial charge on any atom is 0.410 e. The number of hydrogen-bond acceptors (Lipinski definition) is 6. The Morgan fingerprint density at radius 2 is 1.94 bits per heavy atom. The van der Waals surface area contributed by atoms with Crippen molar-refractivity contribution in [3.05, 3.63) is 64.4 Å². The van der Waals surface area contributed by atoms with Crippen molar-refractivity contribution >= 4 is 29.5 Å². The molecule has 0 spiro atoms. The van der Waals surface area contributed by atoms with E-state index in [-0.39, 0.29) is 35.6 Å². The van der Waals surface area contributed by atoms with Gasteiger partial charge in [0.2, 0.25) is 0 Å². The van der Waals surface area contributed by atoms with Crippen LogP contribution >= 0.6 is 11.6 Å². The number of anilines is 1. The third-order valence-corrected chi connectivity index (χ3v) is 6.94. The van der Waals surface area contributed by atoms with E-state index < -0.39 is 12.5 Å². The molecule has 0 aliphatic carbocycles. The zero-order valence-electron chi connectivity index (χ0n) is 18.4. The molecule has 0 bridgehead atoms. The Labute approximate surface area is 201 Å². The van der Waals surface area contributed by atoms with Gasteiger partial charge in [0.1, 0.15) is 17.5 Å². The van der Waals surface area contributed by atoms with Gasteiger partial charge in [0.25, 0.3) is 6.43 Å². The number of amides is 1. The van der Waals surface area contributed by atoms with Gasteiger partial charge in [-0.2, -0.15) is 0 Å². The van der Waals surface area contributed by atoms with Gasteiger partial charge in [-0.25, -0.2) is 18.6 Å². The number of aliphatic hydroxyl groups excluding tert-OH is 1. The maximum atomic E-state index is 13.5. The summed E-state index contributed by atoms with van der Waals surface area (Å²) in [6.45, 7) is 3.11. The number of aromatic nitrogens is 1. The first-order valence-electron chi connectivity index (χ1n) is 11.2. The van der Waals surface area contributed by atoms with E-state index in [4.69, 9.17) is 16.3 Å². The predicted octanol–water partition coefficient (Wildman–Crippen LogP) is 3.57. The monoisotopic (exact) mass is 490 g/mol. The van der Waals surface area contributed by atoms with Crippen molar-refractivity contribution in [3.63, 3.8) is 0 Å². The molecule has 0 saturated carbocycles. The van der Waals surface area contributed by atoms with E-state index in [0.29, 0.717) is 44.0 Å². The number of hydrogen-bond donors (Lipinski definition) is 1. The van der Waals surface area contributed by atoms with Crippen LogP contribution in [0.2, 0.25) is 5.15 Å². The summed E-state index contributed by atoms with van der Waals surface area (Å²) in [5.74, 6) is 0. The van der Waals surface area contributed by atoms with E-state index in [9.17, 15) is 18.7 Å². The Hall–Kier alpha value is -2.75. The molecular weight excluding hydrogens is 466 g/mol. The van der Waals surface area contributed by atoms with Crippen LogP contribution in [0.1, 0.15) is 23.2 Å². The largest absolute Gasteiger partial charge is 0.445 e. The normalized spacial score (nSPS) is 24.3. The molecule has 2 aromatic rings. The number of carbonyl (C=O) groups is 1. The Bertz CT molecular complexity index is 1080. The lowest BCUT2D eigenvalue weighted by Gasteiger charge is -2.56. The molecule has 3 aliphatic heterocycles. The predicted molar refractivity (Wildman–Crippen MR) is 124 cm³/mol. The first-order valence-corrected chi connectivity index (χ1v) is 11.6. The standard InChI is InChI=1S/C24H25ClF2N4O3/c25-20-12-17-16(21(28-20)23(26)27)6-7-19(32)22-18(13-31(17)22)29-8-10-30(11-9-29)24(33)34-14-15-4-2-1-3-5-15/h1-7,12,18-19,22-23,32H,8-11,13-14H2/t18-,19+,22-/m1/s1. The van der Waals surface area contributed by atoms with Crippen molar-refractivity contribution in [1.29, 1.82) is 0 Å². The van der Waals surface area contributed by atoms with E-state index in [2.05, 4.69) is 9.88 Å². The minimum Gasteiger partial charge on any atom is -0.445 e. The topological polar surface area (TPSA) is 69.1 Å². The van der Waals surface area contributed by atoms with Gasteiger partial charge in [0.05, 0.1) is 18.2 Å². The number of carbonyl (C=O) groups excluding carboxylic acids is 1. The van der Waals surface area contributed by atoms with Gasteiger partial charge < -0.3 is 19.6 Å². The van der Waals surface area contributed by atoms with E-state index in [1.807, 2.05) is 35.2 Å². The Kier molecular flexibility index (Phi) is 6.42. The SMILES string of the molecule is O=C(OCc1ccccc1)N1CCN([C@@H]2CN3c4cc(Cl)nc(C(F)F)c4C=C[C@H](O)[C@@H]23)CC1. The zero-order valence-corrected chi connectivity index (χ0v) is 19.1. The summed E-state index contributed by atoms with van der Waals surface area (Å²) in [4.78, 5) is 22.1. The lowest BCUT2D eigenvalue weighted by Crippen LogP contribution is -2.72. The van der Waals surface area contributed by atoms with Crippen molar-refractivity contribution in [2.75, 3.05) is 37.6 Å². The number of piperazine rings is 1. The molecule has 3 atom stereocenters. The van der Waals surface area contributed by atoms with Crippen LogP contribution in [0.5, 0.6) is 0 Å². The van der Waals surface area contributed by atoms with Crippen molar-refractivity contribution in [2.45, 2.75) is 31.2 Å². The minimum atomic E-state index is -2.77. The molecule has 0 unspecified atom stereocenters. The summed E-state index contributed by atoms with van der Waals surface area (Å²) in [6, 6.07) is 10.8. The summed E-state index contributed by atoms with van der Waals surface area (Å²) in [5, 5.41) is 10.8. The highest BCUT2D eigenvalue weighted by Gasteiger charge is 2.48. The molecule has 1 aromatic heterocycles. The Morgan fingerprint density at radius 3 is 2.65 bits per heavy atom. The molecule has 10 heteroatoms. The van der Waals surface area contributed by atoms with Gasteiger partial charge >= 0.3 is 6.09 Å². The second-order valence-corrected chi connectivity index (χ2v) is 9.07. The molecule has 180 valence electrons. The summed E-state index contributed by atoms with van der Waals surface area (Å²) >= 11 is 6.03. The Morgan fingerprint density at radius 1 is 1.21 bits per heavy atom. The van der Waals surface area contributed by atoms with Crippen molar-refractivity contribution in [3.8, 4) is 0 Å². The van der Waals surface area contributed by atoms with Gasteiger partial charge in [0, 0.05) is 44.0 Å². The van der Waals surface area contributed by atoms with Crippen LogP contribution in [0.3, 0.4) is 0 Å². The molecule has 34 heavy (non-hydrogen) atoms. The summed E-state index contributed by atoms with van der Waals surface area (Å²) in [6.07, 6.45) is -0.872.